The van der Waals surface area contributed by atoms with Crippen LogP contribution in [0.2, 0.25) is 0 Å². The van der Waals surface area contributed by atoms with E-state index in [1.165, 1.54) is 0 Å². The molecule has 3 N–H and O–H groups in total. The molecule has 29 heavy (non-hydrogen) atoms. The van der Waals surface area contributed by atoms with Crippen molar-refractivity contribution in [1.29, 1.82) is 0 Å². The Morgan fingerprint density at radius 3 is 2.52 bits per heavy atom. The van der Waals surface area contributed by atoms with E-state index in [0.29, 0.717) is 24.4 Å². The molecular weight excluding hydrogens is 370 g/mol. The lowest BCUT2D eigenvalue weighted by Crippen LogP contribution is -2.54. The van der Waals surface area contributed by atoms with Gasteiger partial charge in [0.05, 0.1) is 24.0 Å². The van der Waals surface area contributed by atoms with Gasteiger partial charge in [0.15, 0.2) is 0 Å². The van der Waals surface area contributed by atoms with E-state index < -0.39 is 18.2 Å². The van der Waals surface area contributed by atoms with Crippen LogP contribution in [0, 0.1) is 0 Å². The van der Waals surface area contributed by atoms with Gasteiger partial charge >= 0.3 is 0 Å². The summed E-state index contributed by atoms with van der Waals surface area (Å²) in [6.45, 7) is 0.0636. The molecule has 1 aliphatic heterocycles. The number of ether oxygens (including phenoxy) is 1. The number of aliphatic hydroxyl groups is 2. The van der Waals surface area contributed by atoms with Gasteiger partial charge in [-0.1, -0.05) is 48.5 Å². The second kappa shape index (κ2) is 8.57. The third-order valence-electron chi connectivity index (χ3n) is 5.06. The molecule has 0 unspecified atom stereocenters. The van der Waals surface area contributed by atoms with Crippen molar-refractivity contribution in [1.82, 2.24) is 15.1 Å². The second-order valence-corrected chi connectivity index (χ2v) is 6.98. The van der Waals surface area contributed by atoms with Crippen LogP contribution in [0.5, 0.6) is 0 Å². The molecule has 3 aromatic rings. The molecule has 7 heteroatoms. The van der Waals surface area contributed by atoms with Gasteiger partial charge in [0.1, 0.15) is 17.9 Å². The van der Waals surface area contributed by atoms with E-state index in [0.717, 1.165) is 11.3 Å². The van der Waals surface area contributed by atoms with Crippen LogP contribution in [-0.2, 0) is 4.74 Å². The summed E-state index contributed by atoms with van der Waals surface area (Å²) in [5, 5.41) is 27.2. The Kier molecular flexibility index (Phi) is 5.71. The molecule has 0 aliphatic carbocycles. The van der Waals surface area contributed by atoms with Gasteiger partial charge in [-0.05, 0) is 24.6 Å². The number of rotatable bonds is 5. The normalized spacial score (nSPS) is 21.7. The van der Waals surface area contributed by atoms with E-state index in [9.17, 15) is 15.0 Å². The Morgan fingerprint density at radius 1 is 1.14 bits per heavy atom. The molecule has 2 heterocycles. The zero-order valence-corrected chi connectivity index (χ0v) is 15.8. The zero-order chi connectivity index (χ0) is 20.2. The van der Waals surface area contributed by atoms with E-state index >= 15 is 0 Å². The third kappa shape index (κ3) is 4.07. The van der Waals surface area contributed by atoms with Gasteiger partial charge in [-0.15, -0.1) is 0 Å². The number of aromatic nitrogens is 2. The molecule has 0 saturated carbocycles. The molecule has 1 saturated heterocycles. The minimum absolute atomic E-state index is 0.298. The quantitative estimate of drug-likeness (QED) is 0.614. The highest BCUT2D eigenvalue weighted by molar-refractivity contribution is 5.94. The highest BCUT2D eigenvalue weighted by Gasteiger charge is 2.34. The van der Waals surface area contributed by atoms with Crippen molar-refractivity contribution in [3.63, 3.8) is 0 Å². The number of hydrogen-bond acceptors (Lipinski definition) is 5. The third-order valence-corrected chi connectivity index (χ3v) is 5.06. The molecule has 0 radical (unpaired) electrons. The van der Waals surface area contributed by atoms with E-state index in [-0.39, 0.29) is 12.5 Å². The molecule has 150 valence electrons. The summed E-state index contributed by atoms with van der Waals surface area (Å²) >= 11 is 0. The summed E-state index contributed by atoms with van der Waals surface area (Å²) in [7, 11) is 0. The second-order valence-electron chi connectivity index (χ2n) is 6.98. The standard InChI is InChI=1S/C22H23N3O4/c26-14-20-21(27)17(11-12-29-20)23-22(28)19-13-18(15-7-3-1-4-8-15)24-25(19)16-9-5-2-6-10-16/h1-10,13,17,20-21,26-27H,11-12,14H2,(H,23,28)/t17-,20+,21-/m0/s1. The highest BCUT2D eigenvalue weighted by atomic mass is 16.5. The lowest BCUT2D eigenvalue weighted by Gasteiger charge is -2.34. The van der Waals surface area contributed by atoms with Crippen LogP contribution in [0.1, 0.15) is 16.9 Å². The Bertz CT molecular complexity index is 959. The summed E-state index contributed by atoms with van der Waals surface area (Å²) in [4.78, 5) is 13.1. The summed E-state index contributed by atoms with van der Waals surface area (Å²) in [5.41, 5.74) is 2.72. The van der Waals surface area contributed by atoms with Crippen molar-refractivity contribution < 1.29 is 19.7 Å². The molecule has 0 bridgehead atoms. The number of carbonyl (C=O) groups excluding carboxylic acids is 1. The minimum atomic E-state index is -0.973. The number of amides is 1. The largest absolute Gasteiger partial charge is 0.394 e. The van der Waals surface area contributed by atoms with Crippen LogP contribution in [0.15, 0.2) is 66.7 Å². The molecule has 3 atom stereocenters. The van der Waals surface area contributed by atoms with Gasteiger partial charge in [-0.25, -0.2) is 4.68 Å². The Balaban J connectivity index is 1.66. The van der Waals surface area contributed by atoms with Crippen LogP contribution in [0.25, 0.3) is 16.9 Å². The van der Waals surface area contributed by atoms with Crippen LogP contribution < -0.4 is 5.32 Å². The van der Waals surface area contributed by atoms with Crippen LogP contribution >= 0.6 is 0 Å². The molecular formula is C22H23N3O4. The summed E-state index contributed by atoms with van der Waals surface area (Å²) < 4.78 is 6.95. The number of carbonyl (C=O) groups is 1. The van der Waals surface area contributed by atoms with Crippen molar-refractivity contribution in [2.45, 2.75) is 24.7 Å². The Hall–Kier alpha value is -3.00. The number of benzene rings is 2. The summed E-state index contributed by atoms with van der Waals surface area (Å²) in [5.74, 6) is -0.342. The van der Waals surface area contributed by atoms with Crippen molar-refractivity contribution in [2.75, 3.05) is 13.2 Å². The van der Waals surface area contributed by atoms with Gasteiger partial charge in [0, 0.05) is 12.2 Å². The first-order valence-corrected chi connectivity index (χ1v) is 9.59. The first-order chi connectivity index (χ1) is 14.2. The van der Waals surface area contributed by atoms with Crippen molar-refractivity contribution in [2.24, 2.45) is 0 Å². The first-order valence-electron chi connectivity index (χ1n) is 9.59. The smallest absolute Gasteiger partial charge is 0.270 e. The van der Waals surface area contributed by atoms with Gasteiger partial charge in [0.2, 0.25) is 0 Å². The minimum Gasteiger partial charge on any atom is -0.394 e. The molecule has 7 nitrogen and oxygen atoms in total. The fourth-order valence-electron chi connectivity index (χ4n) is 3.49. The van der Waals surface area contributed by atoms with Crippen LogP contribution in [0.4, 0.5) is 0 Å². The average Bonchev–Trinajstić information content (AvgIpc) is 3.22. The lowest BCUT2D eigenvalue weighted by molar-refractivity contribution is -0.107. The van der Waals surface area contributed by atoms with E-state index in [1.54, 1.807) is 10.7 Å². The Morgan fingerprint density at radius 2 is 1.83 bits per heavy atom. The fourth-order valence-corrected chi connectivity index (χ4v) is 3.49. The average molecular weight is 393 g/mol. The highest BCUT2D eigenvalue weighted by Crippen LogP contribution is 2.22. The predicted molar refractivity (Wildman–Crippen MR) is 108 cm³/mol. The number of hydrogen-bond donors (Lipinski definition) is 3. The summed E-state index contributed by atoms with van der Waals surface area (Å²) in [6, 6.07) is 20.3. The number of aliphatic hydroxyl groups excluding tert-OH is 2. The predicted octanol–water partition coefficient (Wildman–Crippen LogP) is 1.78. The SMILES string of the molecule is O=C(N[C@H]1CCO[C@H](CO)[C@H]1O)c1cc(-c2ccccc2)nn1-c1ccccc1. The van der Waals surface area contributed by atoms with Gasteiger partial charge in [-0.2, -0.15) is 5.10 Å². The molecule has 1 fully saturated rings. The maximum absolute atomic E-state index is 13.1. The number of nitrogens with one attached hydrogen (secondary N) is 1. The fraction of sp³-hybridized carbons (Fsp3) is 0.273. The molecule has 1 aromatic heterocycles. The van der Waals surface area contributed by atoms with E-state index in [4.69, 9.17) is 4.74 Å². The van der Waals surface area contributed by atoms with Crippen LogP contribution in [-0.4, -0.2) is 57.4 Å². The first kappa shape index (κ1) is 19.3. The molecule has 2 aromatic carbocycles. The number of para-hydroxylation sites is 1. The molecule has 1 aliphatic rings. The molecule has 4 rings (SSSR count). The Labute approximate surface area is 168 Å². The van der Waals surface area contributed by atoms with Crippen LogP contribution in [0.3, 0.4) is 0 Å². The lowest BCUT2D eigenvalue weighted by atomic mass is 10.00. The van der Waals surface area contributed by atoms with Crippen molar-refractivity contribution >= 4 is 5.91 Å². The molecule has 1 amide bonds. The monoisotopic (exact) mass is 393 g/mol. The summed E-state index contributed by atoms with van der Waals surface area (Å²) in [6.07, 6.45) is -1.21. The van der Waals surface area contributed by atoms with Gasteiger partial charge in [0.25, 0.3) is 5.91 Å². The maximum Gasteiger partial charge on any atom is 0.270 e. The number of nitrogens with zero attached hydrogens (tertiary/aromatic N) is 2. The van der Waals surface area contributed by atoms with Gasteiger partial charge in [-0.3, -0.25) is 4.79 Å². The van der Waals surface area contributed by atoms with Crippen molar-refractivity contribution in [3.05, 3.63) is 72.4 Å². The maximum atomic E-state index is 13.1. The van der Waals surface area contributed by atoms with Gasteiger partial charge < -0.3 is 20.3 Å². The van der Waals surface area contributed by atoms with E-state index in [2.05, 4.69) is 10.4 Å². The zero-order valence-electron chi connectivity index (χ0n) is 15.8. The topological polar surface area (TPSA) is 96.6 Å². The van der Waals surface area contributed by atoms with Crippen molar-refractivity contribution in [3.8, 4) is 16.9 Å². The molecule has 0 spiro atoms. The van der Waals surface area contributed by atoms with E-state index in [1.807, 2.05) is 60.7 Å².